The van der Waals surface area contributed by atoms with Gasteiger partial charge in [0, 0.05) is 19.4 Å². The minimum absolute atomic E-state index is 0.0747. The minimum atomic E-state index is -1.23. The lowest BCUT2D eigenvalue weighted by molar-refractivity contribution is -0.199. The highest BCUT2D eigenvalue weighted by Gasteiger charge is 2.36. The molecular formula is C25H42N4O9. The van der Waals surface area contributed by atoms with Gasteiger partial charge in [-0.2, -0.15) is 0 Å². The molecule has 0 bridgehead atoms. The van der Waals surface area contributed by atoms with E-state index in [1.54, 1.807) is 55.4 Å². The Kier molecular flexibility index (Phi) is 12.0. The summed E-state index contributed by atoms with van der Waals surface area (Å²) in [5.74, 6) is -3.33. The van der Waals surface area contributed by atoms with Crippen LogP contribution < -0.4 is 16.0 Å². The number of carbonyl (C=O) groups excluding carboxylic acids is 6. The Morgan fingerprint density at radius 3 is 1.87 bits per heavy atom. The monoisotopic (exact) mass is 542 g/mol. The molecule has 38 heavy (non-hydrogen) atoms. The number of hydrogen-bond acceptors (Lipinski definition) is 9. The number of hydrogen-bond donors (Lipinski definition) is 3. The maximum atomic E-state index is 13.1. The first-order valence-electron chi connectivity index (χ1n) is 12.7. The quantitative estimate of drug-likeness (QED) is 0.262. The molecule has 5 amide bonds. The molecule has 2 atom stereocenters. The third-order valence-corrected chi connectivity index (χ3v) is 5.00. The first-order valence-corrected chi connectivity index (χ1v) is 12.7. The number of unbranched alkanes of at least 4 members (excludes halogenated alkanes) is 1. The zero-order chi connectivity index (χ0) is 29.3. The van der Waals surface area contributed by atoms with Gasteiger partial charge in [0.25, 0.3) is 11.8 Å². The van der Waals surface area contributed by atoms with Crippen molar-refractivity contribution in [3.05, 3.63) is 0 Å². The average molecular weight is 543 g/mol. The average Bonchev–Trinajstić information content (AvgIpc) is 3.05. The summed E-state index contributed by atoms with van der Waals surface area (Å²) in [6, 6.07) is -2.27. The Bertz CT molecular complexity index is 874. The second-order valence-electron chi connectivity index (χ2n) is 11.3. The molecule has 3 N–H and O–H groups in total. The lowest BCUT2D eigenvalue weighted by atomic mass is 10.0. The lowest BCUT2D eigenvalue weighted by Crippen LogP contribution is -2.55. The predicted molar refractivity (Wildman–Crippen MR) is 135 cm³/mol. The Morgan fingerprint density at radius 2 is 1.37 bits per heavy atom. The molecule has 13 heteroatoms. The van der Waals surface area contributed by atoms with Crippen LogP contribution in [0.25, 0.3) is 0 Å². The van der Waals surface area contributed by atoms with E-state index >= 15 is 0 Å². The minimum Gasteiger partial charge on any atom is -0.444 e. The summed E-state index contributed by atoms with van der Waals surface area (Å²) in [7, 11) is 0. The molecule has 0 aromatic carbocycles. The summed E-state index contributed by atoms with van der Waals surface area (Å²) >= 11 is 0. The molecule has 0 saturated carbocycles. The molecule has 0 radical (unpaired) electrons. The fraction of sp³-hybridized carbons (Fsp3) is 0.760. The Labute approximate surface area is 223 Å². The Hall–Kier alpha value is -3.38. The van der Waals surface area contributed by atoms with Crippen LogP contribution in [0.5, 0.6) is 0 Å². The molecule has 1 saturated heterocycles. The van der Waals surface area contributed by atoms with E-state index in [0.29, 0.717) is 17.9 Å². The number of nitrogens with one attached hydrogen (secondary N) is 3. The van der Waals surface area contributed by atoms with E-state index in [4.69, 9.17) is 14.3 Å². The molecule has 13 nitrogen and oxygen atoms in total. The Balaban J connectivity index is 2.85. The highest BCUT2D eigenvalue weighted by Crippen LogP contribution is 2.15. The van der Waals surface area contributed by atoms with Crippen molar-refractivity contribution in [2.75, 3.05) is 6.54 Å². The number of imide groups is 1. The summed E-state index contributed by atoms with van der Waals surface area (Å²) in [4.78, 5) is 78.8. The number of hydroxylamine groups is 2. The van der Waals surface area contributed by atoms with Crippen molar-refractivity contribution in [1.82, 2.24) is 21.0 Å². The van der Waals surface area contributed by atoms with Crippen molar-refractivity contribution < 1.29 is 43.1 Å². The smallest absolute Gasteiger partial charge is 0.408 e. The summed E-state index contributed by atoms with van der Waals surface area (Å²) in [5, 5.41) is 8.07. The van der Waals surface area contributed by atoms with E-state index in [0.717, 1.165) is 0 Å². The van der Waals surface area contributed by atoms with Crippen LogP contribution in [0.1, 0.15) is 87.5 Å². The second-order valence-corrected chi connectivity index (χ2v) is 11.3. The van der Waals surface area contributed by atoms with Crippen LogP contribution in [-0.4, -0.2) is 70.8 Å². The second kappa shape index (κ2) is 14.0. The van der Waals surface area contributed by atoms with Gasteiger partial charge in [0.2, 0.25) is 5.91 Å². The van der Waals surface area contributed by atoms with E-state index < -0.39 is 59.2 Å². The predicted octanol–water partition coefficient (Wildman–Crippen LogP) is 2.32. The Morgan fingerprint density at radius 1 is 0.842 bits per heavy atom. The summed E-state index contributed by atoms with van der Waals surface area (Å²) in [6.07, 6.45) is -0.654. The van der Waals surface area contributed by atoms with Gasteiger partial charge in [0.15, 0.2) is 0 Å². The molecule has 1 aliphatic rings. The number of alkyl carbamates (subject to hydrolysis) is 2. The number of ether oxygens (including phenoxy) is 2. The molecule has 216 valence electrons. The molecule has 0 aromatic heterocycles. The zero-order valence-electron chi connectivity index (χ0n) is 23.6. The molecule has 0 aliphatic carbocycles. The van der Waals surface area contributed by atoms with Crippen molar-refractivity contribution in [2.24, 2.45) is 5.92 Å². The molecule has 1 aliphatic heterocycles. The highest BCUT2D eigenvalue weighted by atomic mass is 16.7. The molecular weight excluding hydrogens is 500 g/mol. The fourth-order valence-corrected chi connectivity index (χ4v) is 3.27. The maximum absolute atomic E-state index is 13.1. The first-order chi connectivity index (χ1) is 17.4. The van der Waals surface area contributed by atoms with Crippen LogP contribution in [0.3, 0.4) is 0 Å². The number of amides is 5. The molecule has 0 aromatic rings. The van der Waals surface area contributed by atoms with Gasteiger partial charge >= 0.3 is 18.2 Å². The normalized spacial score (nSPS) is 15.6. The van der Waals surface area contributed by atoms with Gasteiger partial charge in [-0.1, -0.05) is 13.8 Å². The van der Waals surface area contributed by atoms with Gasteiger partial charge in [0.1, 0.15) is 23.3 Å². The lowest BCUT2D eigenvalue weighted by Gasteiger charge is -2.27. The van der Waals surface area contributed by atoms with E-state index in [9.17, 15) is 28.8 Å². The fourth-order valence-electron chi connectivity index (χ4n) is 3.27. The van der Waals surface area contributed by atoms with Gasteiger partial charge < -0.3 is 30.3 Å². The van der Waals surface area contributed by atoms with Crippen LogP contribution in [0.15, 0.2) is 0 Å². The van der Waals surface area contributed by atoms with Gasteiger partial charge in [-0.3, -0.25) is 14.4 Å². The van der Waals surface area contributed by atoms with Crippen molar-refractivity contribution in [1.29, 1.82) is 0 Å². The number of nitrogens with zero attached hydrogens (tertiary/aromatic N) is 1. The molecule has 1 fully saturated rings. The molecule has 0 spiro atoms. The van der Waals surface area contributed by atoms with E-state index in [2.05, 4.69) is 16.0 Å². The standard InChI is InChI=1S/C25H42N4O9/c1-15(2)19(28-23(35)37-25(6,7)8)20(32)27-16(21(33)38-29-17(30)12-13-18(29)31)11-9-10-14-26-22(34)36-24(3,4)5/h15-16,19H,9-14H2,1-8H3,(H,26,34)(H,27,32)(H,28,35). The van der Waals surface area contributed by atoms with E-state index in [1.807, 2.05) is 0 Å². The third-order valence-electron chi connectivity index (χ3n) is 5.00. The number of rotatable bonds is 11. The molecule has 2 unspecified atom stereocenters. The third kappa shape index (κ3) is 12.2. The van der Waals surface area contributed by atoms with Crippen molar-refractivity contribution in [3.8, 4) is 0 Å². The first kappa shape index (κ1) is 32.6. The van der Waals surface area contributed by atoms with Gasteiger partial charge in [-0.15, -0.1) is 5.06 Å². The van der Waals surface area contributed by atoms with Crippen LogP contribution in [0.4, 0.5) is 9.59 Å². The SMILES string of the molecule is CC(C)C(NC(=O)OC(C)(C)C)C(=O)NC(CCCCNC(=O)OC(C)(C)C)C(=O)ON1C(=O)CCC1=O. The maximum Gasteiger partial charge on any atom is 0.408 e. The van der Waals surface area contributed by atoms with Crippen molar-refractivity contribution in [3.63, 3.8) is 0 Å². The van der Waals surface area contributed by atoms with E-state index in [-0.39, 0.29) is 31.7 Å². The van der Waals surface area contributed by atoms with Gasteiger partial charge in [-0.25, -0.2) is 14.4 Å². The largest absolute Gasteiger partial charge is 0.444 e. The summed E-state index contributed by atoms with van der Waals surface area (Å²) < 4.78 is 10.4. The number of carbonyl (C=O) groups is 6. The molecule has 1 rings (SSSR count). The molecule has 1 heterocycles. The van der Waals surface area contributed by atoms with Crippen LogP contribution in [-0.2, 0) is 33.5 Å². The highest BCUT2D eigenvalue weighted by molar-refractivity contribution is 6.02. The zero-order valence-corrected chi connectivity index (χ0v) is 23.6. The van der Waals surface area contributed by atoms with E-state index in [1.165, 1.54) is 0 Å². The van der Waals surface area contributed by atoms with Gasteiger partial charge in [-0.05, 0) is 66.7 Å². The van der Waals surface area contributed by atoms with Crippen molar-refractivity contribution >= 4 is 35.9 Å². The van der Waals surface area contributed by atoms with Crippen LogP contribution in [0.2, 0.25) is 0 Å². The van der Waals surface area contributed by atoms with Crippen LogP contribution >= 0.6 is 0 Å². The van der Waals surface area contributed by atoms with Crippen LogP contribution in [0, 0.1) is 5.92 Å². The summed E-state index contributed by atoms with van der Waals surface area (Å²) in [5.41, 5.74) is -1.43. The topological polar surface area (TPSA) is 169 Å². The summed E-state index contributed by atoms with van der Waals surface area (Å²) in [6.45, 7) is 13.9. The van der Waals surface area contributed by atoms with Gasteiger partial charge in [0.05, 0.1) is 0 Å². The van der Waals surface area contributed by atoms with Crippen molar-refractivity contribution in [2.45, 2.75) is 111 Å².